The molecule has 5 heteroatoms. The van der Waals surface area contributed by atoms with Gasteiger partial charge in [0.2, 0.25) is 0 Å². The molecular formula is C17H36N4O. The number of nitrogens with one attached hydrogen (secondary N) is 2. The molecule has 1 aliphatic rings. The maximum Gasteiger partial charge on any atom is 0.191 e. The van der Waals surface area contributed by atoms with Crippen molar-refractivity contribution in [3.8, 4) is 0 Å². The summed E-state index contributed by atoms with van der Waals surface area (Å²) in [4.78, 5) is 7.06. The number of ether oxygens (including phenoxy) is 1. The molecule has 0 bridgehead atoms. The van der Waals surface area contributed by atoms with Crippen molar-refractivity contribution in [1.82, 2.24) is 15.5 Å². The molecule has 0 aromatic rings. The van der Waals surface area contributed by atoms with Crippen molar-refractivity contribution < 1.29 is 4.74 Å². The highest BCUT2D eigenvalue weighted by molar-refractivity contribution is 5.79. The maximum atomic E-state index is 5.60. The van der Waals surface area contributed by atoms with Crippen LogP contribution in [0, 0.1) is 11.8 Å². The van der Waals surface area contributed by atoms with E-state index in [0.29, 0.717) is 12.0 Å². The van der Waals surface area contributed by atoms with Gasteiger partial charge in [0.05, 0.1) is 6.54 Å². The monoisotopic (exact) mass is 312 g/mol. The third-order valence-electron chi connectivity index (χ3n) is 3.82. The van der Waals surface area contributed by atoms with Crippen LogP contribution in [0.1, 0.15) is 40.0 Å². The first-order chi connectivity index (χ1) is 10.5. The second-order valence-electron chi connectivity index (χ2n) is 6.84. The molecule has 1 saturated carbocycles. The zero-order chi connectivity index (χ0) is 16.4. The maximum absolute atomic E-state index is 5.60. The smallest absolute Gasteiger partial charge is 0.191 e. The Labute approximate surface area is 136 Å². The van der Waals surface area contributed by atoms with E-state index >= 15 is 0 Å². The summed E-state index contributed by atoms with van der Waals surface area (Å²) in [7, 11) is 4.32. The molecule has 2 N–H and O–H groups in total. The molecule has 0 saturated heterocycles. The van der Waals surface area contributed by atoms with Gasteiger partial charge >= 0.3 is 0 Å². The van der Waals surface area contributed by atoms with Gasteiger partial charge in [-0.3, -0.25) is 4.99 Å². The summed E-state index contributed by atoms with van der Waals surface area (Å²) in [6.07, 6.45) is 3.72. The summed E-state index contributed by atoms with van der Waals surface area (Å²) >= 11 is 0. The Balaban J connectivity index is 2.26. The average molecular weight is 313 g/mol. The fraction of sp³-hybridized carbons (Fsp3) is 0.941. The van der Waals surface area contributed by atoms with Gasteiger partial charge in [-0.25, -0.2) is 0 Å². The Bertz CT molecular complexity index is 312. The molecule has 0 aromatic carbocycles. The number of hydrogen-bond donors (Lipinski definition) is 2. The lowest BCUT2D eigenvalue weighted by Gasteiger charge is -2.23. The highest BCUT2D eigenvalue weighted by Crippen LogP contribution is 2.34. The summed E-state index contributed by atoms with van der Waals surface area (Å²) < 4.78 is 5.60. The molecular weight excluding hydrogens is 276 g/mol. The number of aliphatic imine (C=N–C) groups is 1. The van der Waals surface area contributed by atoms with E-state index in [1.54, 1.807) is 0 Å². The first kappa shape index (κ1) is 19.2. The lowest BCUT2D eigenvalue weighted by molar-refractivity contribution is 0.108. The Hall–Kier alpha value is -0.810. The quantitative estimate of drug-likeness (QED) is 0.348. The van der Waals surface area contributed by atoms with Gasteiger partial charge in [0.25, 0.3) is 0 Å². The first-order valence-corrected chi connectivity index (χ1v) is 8.81. The Morgan fingerprint density at radius 2 is 2.00 bits per heavy atom. The minimum Gasteiger partial charge on any atom is -0.381 e. The van der Waals surface area contributed by atoms with Gasteiger partial charge in [0, 0.05) is 32.3 Å². The molecule has 22 heavy (non-hydrogen) atoms. The van der Waals surface area contributed by atoms with Gasteiger partial charge in [-0.05, 0) is 52.1 Å². The molecule has 0 amide bonds. The summed E-state index contributed by atoms with van der Waals surface area (Å²) in [5.41, 5.74) is 0. The summed E-state index contributed by atoms with van der Waals surface area (Å²) in [6, 6.07) is 0.574. The molecule has 1 unspecified atom stereocenters. The topological polar surface area (TPSA) is 48.9 Å². The molecule has 0 radical (unpaired) electrons. The fourth-order valence-corrected chi connectivity index (χ4v) is 2.44. The van der Waals surface area contributed by atoms with Crippen LogP contribution >= 0.6 is 0 Å². The molecule has 130 valence electrons. The summed E-state index contributed by atoms with van der Waals surface area (Å²) in [5.74, 6) is 2.38. The number of rotatable bonds is 11. The standard InChI is InChI=1S/C17H36N4O/c1-6-18-17(19-10-7-11-22-13-14(2)3)20-12-16(21(4)5)15-8-9-15/h14-16H,6-13H2,1-5H3,(H2,18,19,20). The van der Waals surface area contributed by atoms with Crippen LogP contribution in [0.25, 0.3) is 0 Å². The molecule has 0 aliphatic heterocycles. The van der Waals surface area contributed by atoms with E-state index in [1.807, 2.05) is 0 Å². The summed E-state index contributed by atoms with van der Waals surface area (Å²) in [6.45, 7) is 10.8. The van der Waals surface area contributed by atoms with Crippen molar-refractivity contribution in [2.75, 3.05) is 46.9 Å². The third-order valence-corrected chi connectivity index (χ3v) is 3.82. The van der Waals surface area contributed by atoms with Gasteiger partial charge < -0.3 is 20.3 Å². The third kappa shape index (κ3) is 8.59. The van der Waals surface area contributed by atoms with Crippen LogP contribution in [-0.2, 0) is 4.74 Å². The number of guanidine groups is 1. The minimum atomic E-state index is 0.574. The average Bonchev–Trinajstić information content (AvgIpc) is 3.26. The Kier molecular flexibility index (Phi) is 9.48. The number of nitrogens with zero attached hydrogens (tertiary/aromatic N) is 2. The lowest BCUT2D eigenvalue weighted by Crippen LogP contribution is -2.40. The van der Waals surface area contributed by atoms with Gasteiger partial charge in [0.15, 0.2) is 5.96 Å². The van der Waals surface area contributed by atoms with Crippen LogP contribution < -0.4 is 10.6 Å². The first-order valence-electron chi connectivity index (χ1n) is 8.81. The summed E-state index contributed by atoms with van der Waals surface area (Å²) in [5, 5.41) is 6.73. The molecule has 5 nitrogen and oxygen atoms in total. The fourth-order valence-electron chi connectivity index (χ4n) is 2.44. The zero-order valence-electron chi connectivity index (χ0n) is 15.2. The molecule has 1 atom stereocenters. The van der Waals surface area contributed by atoms with Crippen LogP contribution in [0.4, 0.5) is 0 Å². The van der Waals surface area contributed by atoms with Gasteiger partial charge in [0.1, 0.15) is 0 Å². The second kappa shape index (κ2) is 10.8. The van der Waals surface area contributed by atoms with Crippen LogP contribution in [0.2, 0.25) is 0 Å². The number of hydrogen-bond acceptors (Lipinski definition) is 3. The lowest BCUT2D eigenvalue weighted by atomic mass is 10.2. The van der Waals surface area contributed by atoms with E-state index in [4.69, 9.17) is 9.73 Å². The normalized spacial score (nSPS) is 17.1. The van der Waals surface area contributed by atoms with Crippen molar-refractivity contribution in [1.29, 1.82) is 0 Å². The van der Waals surface area contributed by atoms with Gasteiger partial charge in [-0.15, -0.1) is 0 Å². The van der Waals surface area contributed by atoms with E-state index < -0.39 is 0 Å². The van der Waals surface area contributed by atoms with Gasteiger partial charge in [-0.1, -0.05) is 13.8 Å². The van der Waals surface area contributed by atoms with E-state index in [9.17, 15) is 0 Å². The van der Waals surface area contributed by atoms with E-state index in [-0.39, 0.29) is 0 Å². The molecule has 0 heterocycles. The predicted molar refractivity (Wildman–Crippen MR) is 94.5 cm³/mol. The minimum absolute atomic E-state index is 0.574. The van der Waals surface area contributed by atoms with Crippen molar-refractivity contribution in [3.05, 3.63) is 0 Å². The Morgan fingerprint density at radius 3 is 2.55 bits per heavy atom. The molecule has 1 fully saturated rings. The van der Waals surface area contributed by atoms with E-state index in [0.717, 1.165) is 51.1 Å². The van der Waals surface area contributed by atoms with Crippen molar-refractivity contribution in [2.24, 2.45) is 16.8 Å². The molecule has 0 aromatic heterocycles. The number of likely N-dealkylation sites (N-methyl/N-ethyl adjacent to an activating group) is 1. The molecule has 0 spiro atoms. The predicted octanol–water partition coefficient (Wildman–Crippen LogP) is 1.94. The van der Waals surface area contributed by atoms with Crippen molar-refractivity contribution in [3.63, 3.8) is 0 Å². The van der Waals surface area contributed by atoms with Crippen molar-refractivity contribution in [2.45, 2.75) is 46.1 Å². The van der Waals surface area contributed by atoms with Crippen LogP contribution in [0.15, 0.2) is 4.99 Å². The largest absolute Gasteiger partial charge is 0.381 e. The van der Waals surface area contributed by atoms with Crippen molar-refractivity contribution >= 4 is 5.96 Å². The second-order valence-corrected chi connectivity index (χ2v) is 6.84. The van der Waals surface area contributed by atoms with Gasteiger partial charge in [-0.2, -0.15) is 0 Å². The molecule has 1 rings (SSSR count). The zero-order valence-corrected chi connectivity index (χ0v) is 15.2. The Morgan fingerprint density at radius 1 is 1.27 bits per heavy atom. The SMILES string of the molecule is CCNC(=NCC(C1CC1)N(C)C)NCCCOCC(C)C. The van der Waals surface area contributed by atoms with Crippen LogP contribution in [0.5, 0.6) is 0 Å². The van der Waals surface area contributed by atoms with Crippen LogP contribution in [0.3, 0.4) is 0 Å². The van der Waals surface area contributed by atoms with E-state index in [2.05, 4.69) is 50.4 Å². The van der Waals surface area contributed by atoms with E-state index in [1.165, 1.54) is 12.8 Å². The molecule has 1 aliphatic carbocycles. The highest BCUT2D eigenvalue weighted by Gasteiger charge is 2.32. The highest BCUT2D eigenvalue weighted by atomic mass is 16.5. The van der Waals surface area contributed by atoms with Crippen LogP contribution in [-0.4, -0.2) is 63.8 Å².